The van der Waals surface area contributed by atoms with Gasteiger partial charge in [-0.15, -0.1) is 0 Å². The van der Waals surface area contributed by atoms with Crippen LogP contribution < -0.4 is 0 Å². The predicted molar refractivity (Wildman–Crippen MR) is 42.0 cm³/mol. The van der Waals surface area contributed by atoms with Gasteiger partial charge in [-0.1, -0.05) is 18.2 Å². The molecule has 0 saturated heterocycles. The lowest BCUT2D eigenvalue weighted by Crippen LogP contribution is -1.89. The third kappa shape index (κ3) is 1.76. The average Bonchev–Trinajstić information content (AvgIpc) is 2.06. The summed E-state index contributed by atoms with van der Waals surface area (Å²) >= 11 is 0. The normalized spacial score (nSPS) is 9.09. The quantitative estimate of drug-likeness (QED) is 0.650. The van der Waals surface area contributed by atoms with Gasteiger partial charge in [0.15, 0.2) is 4.98 Å². The molecule has 0 atom stereocenters. The van der Waals surface area contributed by atoms with Crippen LogP contribution in [0.15, 0.2) is 24.3 Å². The van der Waals surface area contributed by atoms with Crippen molar-refractivity contribution in [2.24, 2.45) is 0 Å². The molecular formula is C8H9N2O+. The van der Waals surface area contributed by atoms with Crippen LogP contribution in [0.2, 0.25) is 0 Å². The summed E-state index contributed by atoms with van der Waals surface area (Å²) in [7, 11) is 0. The maximum atomic E-state index is 8.62. The van der Waals surface area contributed by atoms with Crippen molar-refractivity contribution in [2.75, 3.05) is 6.61 Å². The van der Waals surface area contributed by atoms with Crippen LogP contribution in [0.5, 0.6) is 0 Å². The summed E-state index contributed by atoms with van der Waals surface area (Å²) in [6, 6.07) is 7.16. The zero-order valence-electron chi connectivity index (χ0n) is 6.07. The molecule has 1 rings (SSSR count). The molecule has 0 unspecified atom stereocenters. The number of diazo groups is 1. The summed E-state index contributed by atoms with van der Waals surface area (Å²) < 4.78 is 0. The van der Waals surface area contributed by atoms with E-state index >= 15 is 0 Å². The van der Waals surface area contributed by atoms with E-state index in [1.54, 1.807) is 12.1 Å². The molecule has 0 radical (unpaired) electrons. The molecule has 56 valence electrons. The van der Waals surface area contributed by atoms with E-state index in [-0.39, 0.29) is 6.61 Å². The van der Waals surface area contributed by atoms with E-state index in [1.165, 1.54) is 0 Å². The molecule has 11 heavy (non-hydrogen) atoms. The fraction of sp³-hybridized carbons (Fsp3) is 0.250. The van der Waals surface area contributed by atoms with Gasteiger partial charge in [-0.05, 0) is 0 Å². The Morgan fingerprint density at radius 2 is 2.09 bits per heavy atom. The number of rotatable bonds is 2. The maximum Gasteiger partial charge on any atom is 0.388 e. The molecule has 1 aromatic carbocycles. The molecule has 0 saturated carbocycles. The van der Waals surface area contributed by atoms with Crippen molar-refractivity contribution in [3.63, 3.8) is 0 Å². The first-order valence-corrected chi connectivity index (χ1v) is 3.42. The fourth-order valence-electron chi connectivity index (χ4n) is 0.940. The molecule has 1 N–H and O–H groups in total. The minimum absolute atomic E-state index is 0.0759. The smallest absolute Gasteiger partial charge is 0.388 e. The van der Waals surface area contributed by atoms with Gasteiger partial charge in [-0.25, -0.2) is 0 Å². The highest BCUT2D eigenvalue weighted by atomic mass is 16.2. The van der Waals surface area contributed by atoms with Crippen LogP contribution in [-0.2, 0) is 6.42 Å². The van der Waals surface area contributed by atoms with E-state index in [0.29, 0.717) is 12.1 Å². The molecule has 0 aromatic heterocycles. The fourth-order valence-corrected chi connectivity index (χ4v) is 0.940. The van der Waals surface area contributed by atoms with Gasteiger partial charge in [0.1, 0.15) is 0 Å². The van der Waals surface area contributed by atoms with Gasteiger partial charge in [0, 0.05) is 24.7 Å². The first-order valence-electron chi connectivity index (χ1n) is 3.42. The Morgan fingerprint density at radius 3 is 2.73 bits per heavy atom. The largest absolute Gasteiger partial charge is 0.396 e. The molecule has 0 amide bonds. The van der Waals surface area contributed by atoms with Crippen LogP contribution in [-0.4, -0.2) is 11.7 Å². The minimum atomic E-state index is 0.0759. The monoisotopic (exact) mass is 149 g/mol. The van der Waals surface area contributed by atoms with Gasteiger partial charge in [0.25, 0.3) is 0 Å². The summed E-state index contributed by atoms with van der Waals surface area (Å²) in [5.74, 6) is 0. The van der Waals surface area contributed by atoms with Crippen molar-refractivity contribution in [1.29, 1.82) is 5.39 Å². The Labute approximate surface area is 64.9 Å². The van der Waals surface area contributed by atoms with E-state index in [0.717, 1.165) is 5.56 Å². The van der Waals surface area contributed by atoms with E-state index in [1.807, 2.05) is 12.1 Å². The third-order valence-corrected chi connectivity index (χ3v) is 1.48. The highest BCUT2D eigenvalue weighted by Crippen LogP contribution is 2.18. The van der Waals surface area contributed by atoms with Gasteiger partial charge in [-0.3, -0.25) is 0 Å². The average molecular weight is 149 g/mol. The van der Waals surface area contributed by atoms with Crippen molar-refractivity contribution >= 4 is 5.69 Å². The van der Waals surface area contributed by atoms with Crippen molar-refractivity contribution in [2.45, 2.75) is 6.42 Å². The van der Waals surface area contributed by atoms with E-state index in [4.69, 9.17) is 10.5 Å². The van der Waals surface area contributed by atoms with E-state index < -0.39 is 0 Å². The van der Waals surface area contributed by atoms with Crippen molar-refractivity contribution < 1.29 is 5.11 Å². The summed E-state index contributed by atoms with van der Waals surface area (Å²) in [6.07, 6.45) is 0.528. The zero-order chi connectivity index (χ0) is 8.10. The zero-order valence-corrected chi connectivity index (χ0v) is 6.07. The lowest BCUT2D eigenvalue weighted by atomic mass is 10.1. The van der Waals surface area contributed by atoms with Crippen molar-refractivity contribution in [3.8, 4) is 0 Å². The Morgan fingerprint density at radius 1 is 1.36 bits per heavy atom. The summed E-state index contributed by atoms with van der Waals surface area (Å²) in [5, 5.41) is 17.1. The Balaban J connectivity index is 2.95. The van der Waals surface area contributed by atoms with Gasteiger partial charge in [0.2, 0.25) is 5.39 Å². The Kier molecular flexibility index (Phi) is 2.59. The summed E-state index contributed by atoms with van der Waals surface area (Å²) in [5.41, 5.74) is 1.39. The summed E-state index contributed by atoms with van der Waals surface area (Å²) in [6.45, 7) is 0.0759. The molecule has 0 bridgehead atoms. The minimum Gasteiger partial charge on any atom is -0.396 e. The predicted octanol–water partition coefficient (Wildman–Crippen LogP) is 1.71. The molecule has 3 nitrogen and oxygen atoms in total. The number of hydrogen-bond donors (Lipinski definition) is 1. The standard InChI is InChI=1S/C8H9N2O/c9-10-8-4-2-1-3-7(8)5-6-11/h1-4,11H,5-6H2/q+1. The second kappa shape index (κ2) is 3.69. The number of benzene rings is 1. The molecule has 0 heterocycles. The molecule has 0 spiro atoms. The second-order valence-corrected chi connectivity index (χ2v) is 2.20. The molecule has 0 aliphatic carbocycles. The molecule has 0 fully saturated rings. The SMILES string of the molecule is N#[N+]c1ccccc1CCO. The third-order valence-electron chi connectivity index (χ3n) is 1.48. The number of nitrogens with zero attached hydrogens (tertiary/aromatic N) is 2. The second-order valence-electron chi connectivity index (χ2n) is 2.20. The number of aliphatic hydroxyl groups excluding tert-OH is 1. The Bertz CT molecular complexity index is 278. The van der Waals surface area contributed by atoms with Gasteiger partial charge in [-0.2, -0.15) is 0 Å². The lowest BCUT2D eigenvalue weighted by Gasteiger charge is -1.90. The van der Waals surface area contributed by atoms with Crippen LogP contribution in [0.1, 0.15) is 5.56 Å². The van der Waals surface area contributed by atoms with Crippen LogP contribution in [0.4, 0.5) is 5.69 Å². The van der Waals surface area contributed by atoms with E-state index in [2.05, 4.69) is 4.98 Å². The van der Waals surface area contributed by atoms with Crippen molar-refractivity contribution in [1.82, 2.24) is 0 Å². The van der Waals surface area contributed by atoms with Crippen LogP contribution in [0.25, 0.3) is 4.98 Å². The van der Waals surface area contributed by atoms with Crippen molar-refractivity contribution in [3.05, 3.63) is 34.8 Å². The maximum absolute atomic E-state index is 8.62. The van der Waals surface area contributed by atoms with E-state index in [9.17, 15) is 0 Å². The highest BCUT2D eigenvalue weighted by molar-refractivity contribution is 5.51. The van der Waals surface area contributed by atoms with Crippen LogP contribution in [0, 0.1) is 5.39 Å². The van der Waals surface area contributed by atoms with Crippen LogP contribution >= 0.6 is 0 Å². The van der Waals surface area contributed by atoms with Gasteiger partial charge in [0.05, 0.1) is 0 Å². The topological polar surface area (TPSA) is 48.4 Å². The first kappa shape index (κ1) is 7.70. The molecular weight excluding hydrogens is 140 g/mol. The lowest BCUT2D eigenvalue weighted by molar-refractivity contribution is 0.300. The number of hydrogen-bond acceptors (Lipinski definition) is 2. The molecule has 0 aliphatic heterocycles. The molecule has 1 aromatic rings. The molecule has 3 heteroatoms. The number of aliphatic hydroxyl groups is 1. The van der Waals surface area contributed by atoms with Gasteiger partial charge >= 0.3 is 5.69 Å². The van der Waals surface area contributed by atoms with Crippen LogP contribution in [0.3, 0.4) is 0 Å². The first-order chi connectivity index (χ1) is 5.38. The Hall–Kier alpha value is -1.40. The highest BCUT2D eigenvalue weighted by Gasteiger charge is 2.09. The summed E-state index contributed by atoms with van der Waals surface area (Å²) in [4.78, 5) is 3.08. The van der Waals surface area contributed by atoms with Gasteiger partial charge < -0.3 is 5.11 Å². The molecule has 0 aliphatic rings.